The summed E-state index contributed by atoms with van der Waals surface area (Å²) in [7, 11) is 0. The second-order valence-corrected chi connectivity index (χ2v) is 22.7. The summed E-state index contributed by atoms with van der Waals surface area (Å²) in [6.07, 6.45) is 37.2. The molecule has 0 aromatic heterocycles. The Morgan fingerprint density at radius 1 is 0.603 bits per heavy atom. The second-order valence-electron chi connectivity index (χ2n) is 22.7. The lowest BCUT2D eigenvalue weighted by Gasteiger charge is -2.55. The highest BCUT2D eigenvalue weighted by Crippen LogP contribution is 2.66. The molecule has 2 heteroatoms. The molecule has 0 bridgehead atoms. The van der Waals surface area contributed by atoms with Crippen LogP contribution in [-0.2, 0) is 0 Å². The van der Waals surface area contributed by atoms with Crippen LogP contribution in [0.1, 0.15) is 172 Å². The van der Waals surface area contributed by atoms with E-state index in [2.05, 4.69) is 131 Å². The van der Waals surface area contributed by atoms with E-state index in [0.717, 1.165) is 73.5 Å². The van der Waals surface area contributed by atoms with Crippen molar-refractivity contribution in [1.82, 2.24) is 0 Å². The largest absolute Gasteiger partial charge is 0.393 e. The van der Waals surface area contributed by atoms with Gasteiger partial charge in [-0.3, -0.25) is 0 Å². The maximum absolute atomic E-state index is 10.2. The Labute approximate surface area is 358 Å². The fourth-order valence-electron chi connectivity index (χ4n) is 13.8. The molecule has 0 aromatic carbocycles. The van der Waals surface area contributed by atoms with E-state index in [-0.39, 0.29) is 12.2 Å². The summed E-state index contributed by atoms with van der Waals surface area (Å²) in [5.74, 6) is 7.96. The number of fused-ring (bicyclic) bond motifs is 6. The van der Waals surface area contributed by atoms with Crippen molar-refractivity contribution < 1.29 is 10.2 Å². The minimum atomic E-state index is -0.182. The van der Waals surface area contributed by atoms with Crippen LogP contribution in [-0.4, -0.2) is 22.4 Å². The molecule has 0 heterocycles. The molecule has 0 unspecified atom stereocenters. The minimum absolute atomic E-state index is 0.116. The summed E-state index contributed by atoms with van der Waals surface area (Å²) in [6.45, 7) is 30.9. The fraction of sp³-hybridized carbons (Fsp3) is 0.750. The Morgan fingerprint density at radius 2 is 1.19 bits per heavy atom. The van der Waals surface area contributed by atoms with Crippen molar-refractivity contribution in [2.75, 3.05) is 0 Å². The Kier molecular flexibility index (Phi) is 14.6. The molecule has 7 aliphatic rings. The van der Waals surface area contributed by atoms with E-state index >= 15 is 0 Å². The van der Waals surface area contributed by atoms with Crippen LogP contribution in [0.3, 0.4) is 0 Å². The molecule has 6 saturated carbocycles. The fourth-order valence-corrected chi connectivity index (χ4v) is 13.8. The summed E-state index contributed by atoms with van der Waals surface area (Å²) in [4.78, 5) is 0. The van der Waals surface area contributed by atoms with E-state index < -0.39 is 0 Å². The second kappa shape index (κ2) is 18.6. The molecule has 0 aliphatic heterocycles. The number of allylic oxidation sites excluding steroid dienone is 11. The molecule has 0 aromatic rings. The molecule has 6 fully saturated rings. The summed E-state index contributed by atoms with van der Waals surface area (Å²) in [5.41, 5.74) is 8.68. The molecule has 2 nitrogen and oxygen atoms in total. The van der Waals surface area contributed by atoms with Crippen molar-refractivity contribution in [2.24, 2.45) is 81.3 Å². The van der Waals surface area contributed by atoms with Gasteiger partial charge in [-0.15, -0.1) is 0 Å². The minimum Gasteiger partial charge on any atom is -0.393 e. The van der Waals surface area contributed by atoms with Crippen LogP contribution in [0.25, 0.3) is 0 Å². The van der Waals surface area contributed by atoms with Gasteiger partial charge in [0, 0.05) is 0 Å². The lowest BCUT2D eigenvalue weighted by atomic mass is 9.50. The van der Waals surface area contributed by atoms with Crippen molar-refractivity contribution in [3.63, 3.8) is 0 Å². The molecule has 0 saturated heterocycles. The SMILES string of the molecule is C=C1CC[C@H](O)C/C1=C/C=C1\CCC[C@]2(C)[C@@H]([C@H](C)/C=C/[C@H](C)C(C)C)CC[C@@H]12.CC(C)[C@@H](C)/C=C/[C@@H](C)[C@H]1CC[C@H]2C3=CC=C4C[C@@H](O)CC[C@@]4(C)[C@@H]3CC[C@]12C. The number of aliphatic hydroxyl groups is 2. The van der Waals surface area contributed by atoms with Gasteiger partial charge in [0.05, 0.1) is 12.2 Å². The first-order chi connectivity index (χ1) is 27.4. The van der Waals surface area contributed by atoms with Crippen LogP contribution in [0.5, 0.6) is 0 Å². The lowest BCUT2D eigenvalue weighted by Crippen LogP contribution is -2.46. The van der Waals surface area contributed by atoms with Crippen LogP contribution in [0.4, 0.5) is 0 Å². The maximum Gasteiger partial charge on any atom is 0.0583 e. The first kappa shape index (κ1) is 45.6. The molecule has 0 radical (unpaired) electrons. The van der Waals surface area contributed by atoms with Gasteiger partial charge in [-0.05, 0) is 183 Å². The van der Waals surface area contributed by atoms with Crippen molar-refractivity contribution in [3.8, 4) is 0 Å². The molecule has 0 amide bonds. The van der Waals surface area contributed by atoms with E-state index in [1.165, 1.54) is 80.9 Å². The summed E-state index contributed by atoms with van der Waals surface area (Å²) < 4.78 is 0. The normalized spacial score (nSPS) is 41.1. The van der Waals surface area contributed by atoms with E-state index in [0.29, 0.717) is 39.9 Å². The zero-order valence-corrected chi connectivity index (χ0v) is 39.3. The number of rotatable bonds is 9. The van der Waals surface area contributed by atoms with E-state index in [1.807, 2.05) is 0 Å². The van der Waals surface area contributed by atoms with Gasteiger partial charge in [0.25, 0.3) is 0 Å². The summed E-state index contributed by atoms with van der Waals surface area (Å²) >= 11 is 0. The summed E-state index contributed by atoms with van der Waals surface area (Å²) in [6, 6.07) is 0. The Bertz CT molecular complexity index is 1630. The van der Waals surface area contributed by atoms with Crippen molar-refractivity contribution >= 4 is 0 Å². The quantitative estimate of drug-likeness (QED) is 0.228. The van der Waals surface area contributed by atoms with Gasteiger partial charge in [0.2, 0.25) is 0 Å². The predicted molar refractivity (Wildman–Crippen MR) is 249 cm³/mol. The van der Waals surface area contributed by atoms with Gasteiger partial charge in [-0.1, -0.05) is 154 Å². The average Bonchev–Trinajstić information content (AvgIpc) is 3.73. The highest BCUT2D eigenvalue weighted by Gasteiger charge is 2.57. The number of hydrogen-bond acceptors (Lipinski definition) is 2. The van der Waals surface area contributed by atoms with Gasteiger partial charge in [0.1, 0.15) is 0 Å². The molecular weight excluding hydrogens is 705 g/mol. The van der Waals surface area contributed by atoms with Gasteiger partial charge in [-0.2, -0.15) is 0 Å². The first-order valence-electron chi connectivity index (χ1n) is 24.6. The number of hydrogen-bond donors (Lipinski definition) is 2. The van der Waals surface area contributed by atoms with Gasteiger partial charge in [0.15, 0.2) is 0 Å². The van der Waals surface area contributed by atoms with Crippen LogP contribution < -0.4 is 0 Å². The zero-order chi connectivity index (χ0) is 42.2. The molecule has 58 heavy (non-hydrogen) atoms. The van der Waals surface area contributed by atoms with Gasteiger partial charge >= 0.3 is 0 Å². The topological polar surface area (TPSA) is 40.5 Å². The maximum atomic E-state index is 10.2. The van der Waals surface area contributed by atoms with Crippen LogP contribution in [0, 0.1) is 81.3 Å². The van der Waals surface area contributed by atoms with Crippen molar-refractivity contribution in [1.29, 1.82) is 0 Å². The Hall–Kier alpha value is -1.90. The monoisotopic (exact) mass is 793 g/mol. The van der Waals surface area contributed by atoms with Crippen molar-refractivity contribution in [3.05, 3.63) is 83.1 Å². The summed E-state index contributed by atoms with van der Waals surface area (Å²) in [5, 5.41) is 20.2. The lowest BCUT2D eigenvalue weighted by molar-refractivity contribution is 0.0382. The molecular formula is C56H88O2. The van der Waals surface area contributed by atoms with Crippen LogP contribution in [0.2, 0.25) is 0 Å². The first-order valence-corrected chi connectivity index (χ1v) is 24.6. The van der Waals surface area contributed by atoms with Crippen LogP contribution in [0.15, 0.2) is 83.1 Å². The highest BCUT2D eigenvalue weighted by molar-refractivity contribution is 5.39. The Morgan fingerprint density at radius 3 is 1.81 bits per heavy atom. The average molecular weight is 793 g/mol. The molecule has 14 atom stereocenters. The third-order valence-electron chi connectivity index (χ3n) is 18.7. The van der Waals surface area contributed by atoms with E-state index in [9.17, 15) is 10.2 Å². The third kappa shape index (κ3) is 9.30. The number of aliphatic hydroxyl groups excluding tert-OH is 2. The predicted octanol–water partition coefficient (Wildman–Crippen LogP) is 15.0. The molecule has 324 valence electrons. The Balaban J connectivity index is 0.000000196. The van der Waals surface area contributed by atoms with E-state index in [4.69, 9.17) is 0 Å². The third-order valence-corrected chi connectivity index (χ3v) is 18.7. The molecule has 0 spiro atoms. The van der Waals surface area contributed by atoms with Gasteiger partial charge in [-0.25, -0.2) is 0 Å². The standard InChI is InChI=1S/2C28H44O/c1-18(2)19(3)7-8-20(4)24-11-12-25-23-10-9-21-17-22(29)13-15-27(21,5)26(23)14-16-28(24,25)6;1-19(2)20(3)9-10-22(5)26-15-16-27-23(8-7-17-28(26,27)6)12-13-24-18-25(29)14-11-21(24)4/h7-10,18-20,22,24-26,29H,11-17H2,1-6H3;9-10,12-13,19-20,22,25-27,29H,4,7-8,11,14-18H2,1-3,5-6H3/b8-7+;10-9+,23-12+,24-13-/t19-,20+,22-,24+,25-,26+,27+,28+;20-,22+,25-,26+,27-,28+/m00/s1. The smallest absolute Gasteiger partial charge is 0.0583 e. The molecule has 7 rings (SSSR count). The zero-order valence-electron chi connectivity index (χ0n) is 39.3. The van der Waals surface area contributed by atoms with Gasteiger partial charge < -0.3 is 10.2 Å². The molecule has 7 aliphatic carbocycles. The molecule has 2 N–H and O–H groups in total. The van der Waals surface area contributed by atoms with E-state index in [1.54, 1.807) is 11.1 Å². The van der Waals surface area contributed by atoms with Crippen molar-refractivity contribution in [2.45, 2.75) is 185 Å². The van der Waals surface area contributed by atoms with Crippen LogP contribution >= 0.6 is 0 Å². The highest BCUT2D eigenvalue weighted by atomic mass is 16.3.